The number of halogens is 2. The molecule has 0 saturated carbocycles. The molecule has 0 radical (unpaired) electrons. The number of carboxylic acids is 1. The minimum atomic E-state index is -1.12. The summed E-state index contributed by atoms with van der Waals surface area (Å²) in [5.41, 5.74) is 2.81. The first-order chi connectivity index (χ1) is 15.8. The van der Waals surface area contributed by atoms with Crippen molar-refractivity contribution in [3.05, 3.63) is 69.8 Å². The van der Waals surface area contributed by atoms with Crippen LogP contribution in [0.1, 0.15) is 17.5 Å². The molecule has 2 amide bonds. The molecule has 3 aromatic rings. The number of para-hydroxylation sites is 1. The second kappa shape index (κ2) is 9.85. The molecule has 2 heterocycles. The first-order valence-electron chi connectivity index (χ1n) is 10.6. The van der Waals surface area contributed by atoms with Gasteiger partial charge in [-0.05, 0) is 42.2 Å². The number of nitrogens with zero attached hydrogens (tertiary/aromatic N) is 2. The molecular weight excluding hydrogens is 465 g/mol. The molecule has 1 unspecified atom stereocenters. The van der Waals surface area contributed by atoms with Crippen molar-refractivity contribution in [1.82, 2.24) is 14.8 Å². The zero-order valence-electron chi connectivity index (χ0n) is 17.8. The Kier molecular flexibility index (Phi) is 6.91. The SMILES string of the molecule is O=C(O)CC1C(=O)N(CCc2ccc(Cl)cc2Cl)CC(=O)N1CCc1c[nH]c2ccccc12. The van der Waals surface area contributed by atoms with Gasteiger partial charge in [-0.3, -0.25) is 14.4 Å². The predicted molar refractivity (Wildman–Crippen MR) is 127 cm³/mol. The minimum absolute atomic E-state index is 0.0892. The van der Waals surface area contributed by atoms with Crippen molar-refractivity contribution in [2.24, 2.45) is 0 Å². The summed E-state index contributed by atoms with van der Waals surface area (Å²) in [6, 6.07) is 11.9. The maximum absolute atomic E-state index is 13.2. The van der Waals surface area contributed by atoms with Crippen molar-refractivity contribution < 1.29 is 19.5 Å². The number of hydrogen-bond donors (Lipinski definition) is 2. The number of piperazine rings is 1. The summed E-state index contributed by atoms with van der Waals surface area (Å²) in [6.45, 7) is 0.438. The first-order valence-corrected chi connectivity index (χ1v) is 11.4. The quantitative estimate of drug-likeness (QED) is 0.505. The van der Waals surface area contributed by atoms with Crippen LogP contribution in [0.5, 0.6) is 0 Å². The Morgan fingerprint density at radius 1 is 1.06 bits per heavy atom. The summed E-state index contributed by atoms with van der Waals surface area (Å²) < 4.78 is 0. The lowest BCUT2D eigenvalue weighted by molar-refractivity contribution is -0.159. The molecule has 172 valence electrons. The fraction of sp³-hybridized carbons (Fsp3) is 0.292. The van der Waals surface area contributed by atoms with E-state index in [1.165, 1.54) is 9.80 Å². The van der Waals surface area contributed by atoms with Crippen LogP contribution in [0.4, 0.5) is 0 Å². The van der Waals surface area contributed by atoms with Gasteiger partial charge in [-0.25, -0.2) is 0 Å². The van der Waals surface area contributed by atoms with E-state index in [-0.39, 0.29) is 31.4 Å². The van der Waals surface area contributed by atoms with Crippen LogP contribution in [0, 0.1) is 0 Å². The van der Waals surface area contributed by atoms with Gasteiger partial charge < -0.3 is 19.9 Å². The number of benzene rings is 2. The van der Waals surface area contributed by atoms with Gasteiger partial charge in [-0.1, -0.05) is 47.5 Å². The molecule has 7 nitrogen and oxygen atoms in total. The largest absolute Gasteiger partial charge is 0.481 e. The number of H-pyrrole nitrogens is 1. The highest BCUT2D eigenvalue weighted by atomic mass is 35.5. The molecule has 4 rings (SSSR count). The summed E-state index contributed by atoms with van der Waals surface area (Å²) in [4.78, 5) is 43.6. The van der Waals surface area contributed by atoms with E-state index in [9.17, 15) is 19.5 Å². The van der Waals surface area contributed by atoms with Crippen LogP contribution in [0.3, 0.4) is 0 Å². The molecule has 0 aliphatic carbocycles. The molecule has 2 aromatic carbocycles. The predicted octanol–water partition coefficient (Wildman–Crippen LogP) is 3.77. The summed E-state index contributed by atoms with van der Waals surface area (Å²) in [7, 11) is 0. The number of carbonyl (C=O) groups excluding carboxylic acids is 2. The Morgan fingerprint density at radius 2 is 1.82 bits per heavy atom. The fourth-order valence-corrected chi connectivity index (χ4v) is 4.74. The van der Waals surface area contributed by atoms with Gasteiger partial charge in [0.25, 0.3) is 0 Å². The summed E-state index contributed by atoms with van der Waals surface area (Å²) in [6.07, 6.45) is 2.40. The van der Waals surface area contributed by atoms with Gasteiger partial charge in [0.05, 0.1) is 13.0 Å². The highest BCUT2D eigenvalue weighted by molar-refractivity contribution is 6.35. The molecule has 33 heavy (non-hydrogen) atoms. The Labute approximate surface area is 200 Å². The Hall–Kier alpha value is -3.03. The molecule has 1 aromatic heterocycles. The molecule has 1 aliphatic rings. The number of carboxylic acid groups (broad SMARTS) is 1. The molecule has 1 atom stereocenters. The molecule has 9 heteroatoms. The Balaban J connectivity index is 1.47. The monoisotopic (exact) mass is 487 g/mol. The number of aliphatic carboxylic acids is 1. The third kappa shape index (κ3) is 5.15. The molecular formula is C24H23Cl2N3O4. The number of fused-ring (bicyclic) bond motifs is 1. The smallest absolute Gasteiger partial charge is 0.305 e. The van der Waals surface area contributed by atoms with Crippen molar-refractivity contribution in [2.45, 2.75) is 25.3 Å². The van der Waals surface area contributed by atoms with E-state index >= 15 is 0 Å². The standard InChI is InChI=1S/C24H23Cl2N3O4/c25-17-6-5-15(19(26)11-17)7-9-28-14-22(30)29(21(24(28)33)12-23(31)32)10-8-16-13-27-20-4-2-1-3-18(16)20/h1-6,11,13,21,27H,7-10,12,14H2,(H,31,32). The van der Waals surface area contributed by atoms with Crippen molar-refractivity contribution in [3.63, 3.8) is 0 Å². The number of hydrogen-bond acceptors (Lipinski definition) is 3. The third-order valence-electron chi connectivity index (χ3n) is 5.95. The van der Waals surface area contributed by atoms with E-state index in [0.29, 0.717) is 22.9 Å². The number of carbonyl (C=O) groups is 3. The summed E-state index contributed by atoms with van der Waals surface area (Å²) in [5, 5.41) is 11.4. The van der Waals surface area contributed by atoms with Gasteiger partial charge >= 0.3 is 5.97 Å². The zero-order chi connectivity index (χ0) is 23.5. The minimum Gasteiger partial charge on any atom is -0.481 e. The van der Waals surface area contributed by atoms with E-state index < -0.39 is 18.4 Å². The normalized spacial score (nSPS) is 16.6. The van der Waals surface area contributed by atoms with Gasteiger partial charge in [-0.2, -0.15) is 0 Å². The van der Waals surface area contributed by atoms with Crippen molar-refractivity contribution >= 4 is 51.9 Å². The van der Waals surface area contributed by atoms with Gasteiger partial charge in [0.1, 0.15) is 6.04 Å². The first kappa shape index (κ1) is 23.1. The van der Waals surface area contributed by atoms with Gasteiger partial charge in [-0.15, -0.1) is 0 Å². The highest BCUT2D eigenvalue weighted by Gasteiger charge is 2.40. The van der Waals surface area contributed by atoms with Crippen LogP contribution in [0.15, 0.2) is 48.7 Å². The molecule has 0 bridgehead atoms. The molecule has 0 spiro atoms. The Bertz CT molecular complexity index is 1210. The lowest BCUT2D eigenvalue weighted by Gasteiger charge is -2.40. The second-order valence-electron chi connectivity index (χ2n) is 8.06. The maximum Gasteiger partial charge on any atom is 0.305 e. The average Bonchev–Trinajstić information content (AvgIpc) is 3.18. The van der Waals surface area contributed by atoms with Crippen LogP contribution in [-0.2, 0) is 27.2 Å². The van der Waals surface area contributed by atoms with Crippen LogP contribution < -0.4 is 0 Å². The maximum atomic E-state index is 13.2. The number of nitrogens with one attached hydrogen (secondary N) is 1. The number of aromatic nitrogens is 1. The second-order valence-corrected chi connectivity index (χ2v) is 8.90. The number of rotatable bonds is 8. The van der Waals surface area contributed by atoms with E-state index in [2.05, 4.69) is 4.98 Å². The fourth-order valence-electron chi connectivity index (χ4n) is 4.24. The molecule has 2 N–H and O–H groups in total. The van der Waals surface area contributed by atoms with E-state index in [4.69, 9.17) is 23.2 Å². The highest BCUT2D eigenvalue weighted by Crippen LogP contribution is 2.24. The third-order valence-corrected chi connectivity index (χ3v) is 6.54. The molecule has 1 fully saturated rings. The topological polar surface area (TPSA) is 93.7 Å². The van der Waals surface area contributed by atoms with Crippen LogP contribution in [-0.4, -0.2) is 63.4 Å². The zero-order valence-corrected chi connectivity index (χ0v) is 19.3. The lowest BCUT2D eigenvalue weighted by Crippen LogP contribution is -2.61. The molecule has 1 saturated heterocycles. The van der Waals surface area contributed by atoms with Crippen LogP contribution in [0.2, 0.25) is 10.0 Å². The van der Waals surface area contributed by atoms with Gasteiger partial charge in [0, 0.05) is 40.2 Å². The lowest BCUT2D eigenvalue weighted by atomic mass is 10.0. The van der Waals surface area contributed by atoms with Gasteiger partial charge in [0.15, 0.2) is 0 Å². The van der Waals surface area contributed by atoms with Gasteiger partial charge in [0.2, 0.25) is 11.8 Å². The number of amides is 2. The molecule has 1 aliphatic heterocycles. The number of aromatic amines is 1. The van der Waals surface area contributed by atoms with E-state index in [1.807, 2.05) is 30.5 Å². The van der Waals surface area contributed by atoms with Crippen molar-refractivity contribution in [3.8, 4) is 0 Å². The van der Waals surface area contributed by atoms with E-state index in [0.717, 1.165) is 22.0 Å². The average molecular weight is 488 g/mol. The van der Waals surface area contributed by atoms with Crippen LogP contribution >= 0.6 is 23.2 Å². The van der Waals surface area contributed by atoms with Crippen molar-refractivity contribution in [2.75, 3.05) is 19.6 Å². The summed E-state index contributed by atoms with van der Waals surface area (Å²) >= 11 is 12.2. The van der Waals surface area contributed by atoms with E-state index in [1.54, 1.807) is 18.2 Å². The van der Waals surface area contributed by atoms with Crippen molar-refractivity contribution in [1.29, 1.82) is 0 Å². The Morgan fingerprint density at radius 3 is 2.58 bits per heavy atom. The summed E-state index contributed by atoms with van der Waals surface area (Å²) in [5.74, 6) is -1.75. The van der Waals surface area contributed by atoms with Crippen LogP contribution in [0.25, 0.3) is 10.9 Å².